The number of amides is 1. The lowest BCUT2D eigenvalue weighted by Crippen LogP contribution is -2.48. The predicted molar refractivity (Wildman–Crippen MR) is 145 cm³/mol. The number of fused-ring (bicyclic) bond motifs is 2. The summed E-state index contributed by atoms with van der Waals surface area (Å²) < 4.78 is 16.4. The van der Waals surface area contributed by atoms with E-state index < -0.39 is 5.82 Å². The number of carbonyl (C=O) groups excluding carboxylic acids is 1. The quantitative estimate of drug-likeness (QED) is 0.291. The Kier molecular flexibility index (Phi) is 6.70. The number of rotatable bonds is 6. The fourth-order valence-electron chi connectivity index (χ4n) is 4.68. The molecule has 0 bridgehead atoms. The molecule has 2 aromatic heterocycles. The molecule has 2 N–H and O–H groups in total. The molecule has 1 aliphatic heterocycles. The minimum absolute atomic E-state index is 0.108. The molecule has 2 aromatic carbocycles. The van der Waals surface area contributed by atoms with Crippen LogP contribution >= 0.6 is 11.6 Å². The second kappa shape index (κ2) is 9.95. The molecule has 0 spiro atoms. The van der Waals surface area contributed by atoms with E-state index in [2.05, 4.69) is 27.1 Å². The van der Waals surface area contributed by atoms with E-state index in [1.54, 1.807) is 17.2 Å². The minimum Gasteiger partial charge on any atom is -0.352 e. The summed E-state index contributed by atoms with van der Waals surface area (Å²) in [5.74, 6) is 0.258. The first kappa shape index (κ1) is 24.9. The number of benzene rings is 2. The Bertz CT molecular complexity index is 1510. The van der Waals surface area contributed by atoms with Gasteiger partial charge in [-0.3, -0.25) is 14.8 Å². The van der Waals surface area contributed by atoms with Crippen molar-refractivity contribution in [2.75, 3.05) is 57.2 Å². The lowest BCUT2D eigenvalue weighted by atomic mass is 9.95. The fraction of sp³-hybridized carbons (Fsp3) is 0.308. The van der Waals surface area contributed by atoms with Gasteiger partial charge in [-0.2, -0.15) is 10.1 Å². The van der Waals surface area contributed by atoms with Gasteiger partial charge in [0.25, 0.3) is 0 Å². The van der Waals surface area contributed by atoms with Crippen molar-refractivity contribution in [2.45, 2.75) is 6.92 Å². The average Bonchev–Trinajstić information content (AvgIpc) is 3.37. The van der Waals surface area contributed by atoms with Gasteiger partial charge < -0.3 is 15.1 Å². The Morgan fingerprint density at radius 3 is 2.68 bits per heavy atom. The van der Waals surface area contributed by atoms with E-state index in [9.17, 15) is 4.79 Å². The van der Waals surface area contributed by atoms with E-state index in [1.807, 2.05) is 43.0 Å². The third-order valence-electron chi connectivity index (χ3n) is 6.56. The number of anilines is 2. The molecule has 0 unspecified atom stereocenters. The fourth-order valence-corrected chi connectivity index (χ4v) is 4.97. The average molecular weight is 523 g/mol. The van der Waals surface area contributed by atoms with Gasteiger partial charge in [0, 0.05) is 48.1 Å². The van der Waals surface area contributed by atoms with Crippen LogP contribution in [0.1, 0.15) is 5.56 Å². The van der Waals surface area contributed by atoms with Crippen LogP contribution in [-0.4, -0.2) is 82.8 Å². The van der Waals surface area contributed by atoms with Crippen LogP contribution in [0.4, 0.5) is 16.2 Å². The molecule has 192 valence electrons. The molecular weight excluding hydrogens is 495 g/mol. The zero-order chi connectivity index (χ0) is 26.3. The molecule has 5 rings (SSSR count). The van der Waals surface area contributed by atoms with Crippen molar-refractivity contribution in [1.82, 2.24) is 30.0 Å². The van der Waals surface area contributed by atoms with Crippen molar-refractivity contribution in [3.05, 3.63) is 53.5 Å². The number of aromatic nitrogens is 4. The molecular formula is C26H28ClFN8O. The molecule has 1 amide bonds. The second-order valence-electron chi connectivity index (χ2n) is 9.33. The van der Waals surface area contributed by atoms with Crippen LogP contribution in [0.25, 0.3) is 32.9 Å². The maximum atomic E-state index is 16.4. The summed E-state index contributed by atoms with van der Waals surface area (Å²) in [5, 5.41) is 11.8. The molecule has 0 radical (unpaired) electrons. The Morgan fingerprint density at radius 2 is 1.97 bits per heavy atom. The number of aryl methyl sites for hydroxylation is 1. The molecule has 11 heteroatoms. The number of piperazine rings is 1. The van der Waals surface area contributed by atoms with Crippen LogP contribution < -0.4 is 10.2 Å². The van der Waals surface area contributed by atoms with Crippen molar-refractivity contribution in [3.8, 4) is 11.1 Å². The van der Waals surface area contributed by atoms with E-state index in [4.69, 9.17) is 16.6 Å². The number of halogens is 2. The molecule has 37 heavy (non-hydrogen) atoms. The van der Waals surface area contributed by atoms with Crippen LogP contribution in [0.2, 0.25) is 5.02 Å². The van der Waals surface area contributed by atoms with Crippen molar-refractivity contribution in [2.24, 2.45) is 0 Å². The van der Waals surface area contributed by atoms with Gasteiger partial charge in [0.05, 0.1) is 23.4 Å². The molecule has 9 nitrogen and oxygen atoms in total. The minimum atomic E-state index is -0.517. The number of H-pyrrole nitrogens is 1. The summed E-state index contributed by atoms with van der Waals surface area (Å²) >= 11 is 6.79. The van der Waals surface area contributed by atoms with Gasteiger partial charge in [0.15, 0.2) is 5.82 Å². The number of nitrogens with one attached hydrogen (secondary N) is 2. The summed E-state index contributed by atoms with van der Waals surface area (Å²) in [6.45, 7) is 8.05. The van der Waals surface area contributed by atoms with Crippen LogP contribution in [0, 0.1) is 12.7 Å². The SMILES string of the molecule is C=CC(=O)N1CCN(c2nc(NCN(C)C)nc3c(F)c(-c4c(C)ccc5[nH]ncc45)c(Cl)cc23)CC1. The largest absolute Gasteiger partial charge is 0.352 e. The summed E-state index contributed by atoms with van der Waals surface area (Å²) in [4.78, 5) is 27.1. The number of hydrogen-bond donors (Lipinski definition) is 2. The molecule has 0 atom stereocenters. The number of hydrogen-bond acceptors (Lipinski definition) is 7. The van der Waals surface area contributed by atoms with Crippen LogP contribution in [0.3, 0.4) is 0 Å². The van der Waals surface area contributed by atoms with E-state index in [-0.39, 0.29) is 22.0 Å². The molecule has 1 aliphatic rings. The van der Waals surface area contributed by atoms with E-state index in [0.29, 0.717) is 55.6 Å². The van der Waals surface area contributed by atoms with Gasteiger partial charge in [0.1, 0.15) is 11.3 Å². The Labute approximate surface area is 218 Å². The zero-order valence-electron chi connectivity index (χ0n) is 21.0. The monoisotopic (exact) mass is 522 g/mol. The maximum absolute atomic E-state index is 16.4. The van der Waals surface area contributed by atoms with E-state index in [0.717, 1.165) is 16.5 Å². The first-order chi connectivity index (χ1) is 17.8. The molecule has 1 fully saturated rings. The normalized spacial score (nSPS) is 14.1. The maximum Gasteiger partial charge on any atom is 0.246 e. The number of nitrogens with zero attached hydrogens (tertiary/aromatic N) is 6. The van der Waals surface area contributed by atoms with Crippen molar-refractivity contribution in [1.29, 1.82) is 0 Å². The summed E-state index contributed by atoms with van der Waals surface area (Å²) in [5.41, 5.74) is 2.80. The molecule has 1 saturated heterocycles. The van der Waals surface area contributed by atoms with Crippen molar-refractivity contribution < 1.29 is 9.18 Å². The first-order valence-electron chi connectivity index (χ1n) is 12.0. The Morgan fingerprint density at radius 1 is 1.22 bits per heavy atom. The number of carbonyl (C=O) groups is 1. The van der Waals surface area contributed by atoms with Crippen molar-refractivity contribution >= 4 is 51.1 Å². The van der Waals surface area contributed by atoms with Crippen LogP contribution in [0.15, 0.2) is 37.1 Å². The van der Waals surface area contributed by atoms with Crippen LogP contribution in [0.5, 0.6) is 0 Å². The summed E-state index contributed by atoms with van der Waals surface area (Å²) in [6.07, 6.45) is 3.00. The lowest BCUT2D eigenvalue weighted by molar-refractivity contribution is -0.126. The Balaban J connectivity index is 1.67. The van der Waals surface area contributed by atoms with E-state index in [1.165, 1.54) is 6.08 Å². The van der Waals surface area contributed by atoms with Gasteiger partial charge in [-0.25, -0.2) is 9.37 Å². The van der Waals surface area contributed by atoms with Crippen molar-refractivity contribution in [3.63, 3.8) is 0 Å². The van der Waals surface area contributed by atoms with Gasteiger partial charge in [-0.15, -0.1) is 0 Å². The van der Waals surface area contributed by atoms with Crippen LogP contribution in [-0.2, 0) is 4.79 Å². The summed E-state index contributed by atoms with van der Waals surface area (Å²) in [6, 6.07) is 5.56. The highest BCUT2D eigenvalue weighted by atomic mass is 35.5. The molecule has 0 aliphatic carbocycles. The smallest absolute Gasteiger partial charge is 0.246 e. The highest BCUT2D eigenvalue weighted by Crippen LogP contribution is 2.42. The summed E-state index contributed by atoms with van der Waals surface area (Å²) in [7, 11) is 3.83. The highest BCUT2D eigenvalue weighted by molar-refractivity contribution is 6.35. The molecule has 0 saturated carbocycles. The third kappa shape index (κ3) is 4.58. The lowest BCUT2D eigenvalue weighted by Gasteiger charge is -2.35. The topological polar surface area (TPSA) is 93.3 Å². The van der Waals surface area contributed by atoms with Gasteiger partial charge >= 0.3 is 0 Å². The van der Waals surface area contributed by atoms with E-state index >= 15 is 4.39 Å². The third-order valence-corrected chi connectivity index (χ3v) is 6.86. The molecule has 3 heterocycles. The standard InChI is InChI=1S/C26H28ClFN8O/c1-5-20(37)35-8-10-36(11-9-35)25-16-12-18(27)22(21-15(2)6-7-19-17(21)13-30-33-19)23(28)24(16)31-26(32-25)29-14-34(3)4/h5-7,12-13H,1,8-11,14H2,2-4H3,(H,30,33)(H,29,31,32). The first-order valence-corrected chi connectivity index (χ1v) is 12.3. The van der Waals surface area contributed by atoms with Gasteiger partial charge in [-0.05, 0) is 44.8 Å². The Hall–Kier alpha value is -3.76. The highest BCUT2D eigenvalue weighted by Gasteiger charge is 2.26. The van der Waals surface area contributed by atoms with Gasteiger partial charge in [0.2, 0.25) is 11.9 Å². The second-order valence-corrected chi connectivity index (χ2v) is 9.74. The zero-order valence-corrected chi connectivity index (χ0v) is 21.7. The number of aromatic amines is 1. The predicted octanol–water partition coefficient (Wildman–Crippen LogP) is 4.04. The van der Waals surface area contributed by atoms with Gasteiger partial charge in [-0.1, -0.05) is 24.2 Å². The molecule has 4 aromatic rings.